The summed E-state index contributed by atoms with van der Waals surface area (Å²) in [6.07, 6.45) is 0. The Morgan fingerprint density at radius 3 is 2.92 bits per heavy atom. The van der Waals surface area contributed by atoms with E-state index in [9.17, 15) is 9.59 Å². The number of rotatable bonds is 0. The first-order valence-electron chi connectivity index (χ1n) is 3.51. The fourth-order valence-corrected chi connectivity index (χ4v) is 0.690. The molecule has 0 aliphatic heterocycles. The van der Waals surface area contributed by atoms with Gasteiger partial charge in [0.25, 0.3) is 0 Å². The number of ether oxygens (including phenoxy) is 1. The molecule has 4 heteroatoms. The van der Waals surface area contributed by atoms with Crippen molar-refractivity contribution in [3.63, 3.8) is 0 Å². The second-order valence-electron chi connectivity index (χ2n) is 2.17. The zero-order valence-electron chi connectivity index (χ0n) is 6.96. The first-order valence-corrected chi connectivity index (χ1v) is 3.51. The monoisotopic (exact) mass is 177 g/mol. The normalized spacial score (nSPS) is 8.38. The summed E-state index contributed by atoms with van der Waals surface area (Å²) >= 11 is 0. The van der Waals surface area contributed by atoms with Gasteiger partial charge in [-0.25, -0.2) is 4.79 Å². The van der Waals surface area contributed by atoms with Gasteiger partial charge >= 0.3 is 5.97 Å². The van der Waals surface area contributed by atoms with Gasteiger partial charge < -0.3 is 9.72 Å². The predicted molar refractivity (Wildman–Crippen MR) is 46.0 cm³/mol. The Morgan fingerprint density at radius 1 is 1.54 bits per heavy atom. The molecule has 0 aliphatic carbocycles. The number of esters is 1. The quantitative estimate of drug-likeness (QED) is 0.444. The molecule has 0 fully saturated rings. The van der Waals surface area contributed by atoms with Crippen molar-refractivity contribution in [2.75, 3.05) is 7.11 Å². The van der Waals surface area contributed by atoms with Crippen LogP contribution in [0.4, 0.5) is 0 Å². The topological polar surface area (TPSA) is 59.2 Å². The van der Waals surface area contributed by atoms with Crippen LogP contribution in [0.1, 0.15) is 5.69 Å². The summed E-state index contributed by atoms with van der Waals surface area (Å²) in [4.78, 5) is 23.8. The highest BCUT2D eigenvalue weighted by Crippen LogP contribution is 1.85. The minimum absolute atomic E-state index is 0.253. The van der Waals surface area contributed by atoms with Gasteiger partial charge in [0.05, 0.1) is 12.8 Å². The van der Waals surface area contributed by atoms with Crippen molar-refractivity contribution in [1.29, 1.82) is 0 Å². The smallest absolute Gasteiger partial charge is 0.384 e. The molecule has 0 spiro atoms. The lowest BCUT2D eigenvalue weighted by Crippen LogP contribution is -2.04. The maximum absolute atomic E-state index is 10.8. The number of H-pyrrole nitrogens is 1. The molecule has 1 heterocycles. The van der Waals surface area contributed by atoms with E-state index in [0.717, 1.165) is 0 Å². The summed E-state index contributed by atoms with van der Waals surface area (Å²) in [6.45, 7) is 0. The molecule has 0 saturated heterocycles. The molecule has 4 nitrogen and oxygen atoms in total. The fourth-order valence-electron chi connectivity index (χ4n) is 0.690. The first-order chi connectivity index (χ1) is 6.22. The van der Waals surface area contributed by atoms with Gasteiger partial charge in [0, 0.05) is 12.0 Å². The standard InChI is InChI=1S/C9H7NO3/c1-13-9(12)6-5-7-3-2-4-8(11)10-7/h2-4H,1H3,(H,10,11). The van der Waals surface area contributed by atoms with Crippen molar-refractivity contribution in [2.45, 2.75) is 0 Å². The van der Waals surface area contributed by atoms with Crippen LogP contribution in [0, 0.1) is 11.8 Å². The highest BCUT2D eigenvalue weighted by molar-refractivity contribution is 5.88. The predicted octanol–water partition coefficient (Wildman–Crippen LogP) is -0.101. The van der Waals surface area contributed by atoms with E-state index in [1.54, 1.807) is 12.1 Å². The van der Waals surface area contributed by atoms with E-state index >= 15 is 0 Å². The minimum Gasteiger partial charge on any atom is -0.459 e. The molecule has 66 valence electrons. The molecule has 1 aromatic heterocycles. The molecule has 0 aliphatic rings. The zero-order valence-corrected chi connectivity index (χ0v) is 6.96. The van der Waals surface area contributed by atoms with Crippen LogP contribution < -0.4 is 5.56 Å². The van der Waals surface area contributed by atoms with Crippen LogP contribution in [0.5, 0.6) is 0 Å². The Labute approximate surface area is 74.5 Å². The highest BCUT2D eigenvalue weighted by Gasteiger charge is 1.90. The van der Waals surface area contributed by atoms with Crippen LogP contribution in [-0.4, -0.2) is 18.1 Å². The van der Waals surface area contributed by atoms with Gasteiger partial charge in [-0.3, -0.25) is 4.79 Å². The van der Waals surface area contributed by atoms with Crippen LogP contribution in [0.2, 0.25) is 0 Å². The van der Waals surface area contributed by atoms with Crippen LogP contribution >= 0.6 is 0 Å². The molecule has 1 rings (SSSR count). The molecule has 0 atom stereocenters. The Kier molecular flexibility index (Phi) is 2.87. The molecule has 0 unspecified atom stereocenters. The number of methoxy groups -OCH3 is 1. The first kappa shape index (κ1) is 9.07. The zero-order chi connectivity index (χ0) is 9.68. The Hall–Kier alpha value is -2.02. The van der Waals surface area contributed by atoms with Gasteiger partial charge in [0.1, 0.15) is 0 Å². The third-order valence-electron chi connectivity index (χ3n) is 1.25. The van der Waals surface area contributed by atoms with Crippen molar-refractivity contribution >= 4 is 5.97 Å². The van der Waals surface area contributed by atoms with Crippen molar-refractivity contribution < 1.29 is 9.53 Å². The number of aromatic nitrogens is 1. The summed E-state index contributed by atoms with van der Waals surface area (Å²) in [5.41, 5.74) is 0.134. The molecule has 0 saturated carbocycles. The van der Waals surface area contributed by atoms with Crippen LogP contribution in [-0.2, 0) is 9.53 Å². The Balaban J connectivity index is 2.90. The third-order valence-corrected chi connectivity index (χ3v) is 1.25. The van der Waals surface area contributed by atoms with E-state index < -0.39 is 5.97 Å². The fraction of sp³-hybridized carbons (Fsp3) is 0.111. The number of carbonyl (C=O) groups is 1. The molecule has 0 amide bonds. The maximum Gasteiger partial charge on any atom is 0.384 e. The van der Waals surface area contributed by atoms with Gasteiger partial charge in [0.2, 0.25) is 5.56 Å². The molecule has 0 radical (unpaired) electrons. The second-order valence-corrected chi connectivity index (χ2v) is 2.17. The van der Waals surface area contributed by atoms with Crippen molar-refractivity contribution in [3.05, 3.63) is 34.2 Å². The van der Waals surface area contributed by atoms with Gasteiger partial charge in [-0.2, -0.15) is 0 Å². The van der Waals surface area contributed by atoms with Gasteiger partial charge in [-0.15, -0.1) is 0 Å². The molecule has 0 bridgehead atoms. The number of hydrogen-bond donors (Lipinski definition) is 1. The number of hydrogen-bond acceptors (Lipinski definition) is 3. The highest BCUT2D eigenvalue weighted by atomic mass is 16.5. The summed E-state index contributed by atoms with van der Waals surface area (Å²) < 4.78 is 4.30. The molecule has 0 aromatic carbocycles. The van der Waals surface area contributed by atoms with Crippen molar-refractivity contribution in [2.24, 2.45) is 0 Å². The summed E-state index contributed by atoms with van der Waals surface area (Å²) in [7, 11) is 1.24. The SMILES string of the molecule is COC(=O)C#Cc1cccc(=O)[nH]1. The average molecular weight is 177 g/mol. The lowest BCUT2D eigenvalue weighted by molar-refractivity contribution is -0.133. The van der Waals surface area contributed by atoms with E-state index in [2.05, 4.69) is 21.6 Å². The molecule has 1 aromatic rings. The number of carbonyl (C=O) groups excluding carboxylic acids is 1. The van der Waals surface area contributed by atoms with E-state index in [1.165, 1.54) is 13.2 Å². The van der Waals surface area contributed by atoms with Gasteiger partial charge in [-0.05, 0) is 12.0 Å². The van der Waals surface area contributed by atoms with Crippen LogP contribution in [0.3, 0.4) is 0 Å². The van der Waals surface area contributed by atoms with E-state index in [1.807, 2.05) is 0 Å². The largest absolute Gasteiger partial charge is 0.459 e. The average Bonchev–Trinajstić information content (AvgIpc) is 2.14. The van der Waals surface area contributed by atoms with Gasteiger partial charge in [-0.1, -0.05) is 6.07 Å². The van der Waals surface area contributed by atoms with Crippen molar-refractivity contribution in [3.8, 4) is 11.8 Å². The summed E-state index contributed by atoms with van der Waals surface area (Å²) in [6, 6.07) is 4.51. The number of aromatic amines is 1. The number of pyridine rings is 1. The Morgan fingerprint density at radius 2 is 2.31 bits per heavy atom. The lowest BCUT2D eigenvalue weighted by atomic mass is 10.3. The molecular formula is C9H7NO3. The summed E-state index contributed by atoms with van der Waals surface area (Å²) in [5.74, 6) is 4.02. The third kappa shape index (κ3) is 2.83. The molecular weight excluding hydrogens is 170 g/mol. The van der Waals surface area contributed by atoms with Crippen LogP contribution in [0.15, 0.2) is 23.0 Å². The molecule has 13 heavy (non-hydrogen) atoms. The van der Waals surface area contributed by atoms with Crippen molar-refractivity contribution in [1.82, 2.24) is 4.98 Å². The number of nitrogens with one attached hydrogen (secondary N) is 1. The van der Waals surface area contributed by atoms with E-state index in [4.69, 9.17) is 0 Å². The van der Waals surface area contributed by atoms with E-state index in [-0.39, 0.29) is 5.56 Å². The second kappa shape index (κ2) is 4.12. The molecule has 1 N–H and O–H groups in total. The Bertz CT molecular complexity index is 422. The van der Waals surface area contributed by atoms with Crippen LogP contribution in [0.25, 0.3) is 0 Å². The minimum atomic E-state index is -0.635. The lowest BCUT2D eigenvalue weighted by Gasteiger charge is -1.87. The maximum atomic E-state index is 10.8. The van der Waals surface area contributed by atoms with Gasteiger partial charge in [0.15, 0.2) is 0 Å². The summed E-state index contributed by atoms with van der Waals surface area (Å²) in [5, 5.41) is 0. The van der Waals surface area contributed by atoms with E-state index in [0.29, 0.717) is 5.69 Å².